The van der Waals surface area contributed by atoms with Crippen LogP contribution in [0.1, 0.15) is 31.2 Å². The molecule has 8 nitrogen and oxygen atoms in total. The highest BCUT2D eigenvalue weighted by Gasteiger charge is 2.34. The van der Waals surface area contributed by atoms with Crippen LogP contribution in [0.2, 0.25) is 0 Å². The number of ether oxygens (including phenoxy) is 1. The van der Waals surface area contributed by atoms with Crippen molar-refractivity contribution in [1.82, 2.24) is 19.8 Å². The van der Waals surface area contributed by atoms with E-state index in [1.807, 2.05) is 11.9 Å². The highest BCUT2D eigenvalue weighted by molar-refractivity contribution is 7.99. The zero-order chi connectivity index (χ0) is 31.0. The third-order valence-corrected chi connectivity index (χ3v) is 9.99. The number of thioether (sulfide) groups is 1. The van der Waals surface area contributed by atoms with Gasteiger partial charge in [-0.1, -0.05) is 18.7 Å². The molecular formula is C32H33F3N6O2S. The van der Waals surface area contributed by atoms with Gasteiger partial charge in [-0.2, -0.15) is 15.2 Å². The third kappa shape index (κ3) is 5.71. The maximum Gasteiger partial charge on any atom is 0.319 e. The van der Waals surface area contributed by atoms with Crippen LogP contribution in [0.25, 0.3) is 22.0 Å². The monoisotopic (exact) mass is 622 g/mol. The number of likely N-dealkylation sites (tertiary alicyclic amines) is 1. The molecule has 0 unspecified atom stereocenters. The molecule has 2 saturated heterocycles. The van der Waals surface area contributed by atoms with E-state index in [2.05, 4.69) is 22.5 Å². The quantitative estimate of drug-likeness (QED) is 0.320. The van der Waals surface area contributed by atoms with Crippen molar-refractivity contribution in [2.75, 3.05) is 50.5 Å². The molecule has 12 heteroatoms. The molecule has 6 rings (SSSR count). The predicted octanol–water partition coefficient (Wildman–Crippen LogP) is 5.50. The number of anilines is 1. The van der Waals surface area contributed by atoms with Crippen molar-refractivity contribution in [2.24, 2.45) is 0 Å². The second-order valence-corrected chi connectivity index (χ2v) is 12.6. The maximum absolute atomic E-state index is 16.6. The van der Waals surface area contributed by atoms with Crippen molar-refractivity contribution in [3.8, 4) is 23.2 Å². The standard InChI is InChI=1S/C32H33F3N6O2S/c1-19(33)31(42)41-15-14-40(17-20(41)11-12-36)30-25-8-7-23(22-9-10-26(34)29-24(22)6-4-16-44-29)27(35)28(25)37-32(38-30)43-18-21-5-3-13-39(21)2/h7-10,20-21H,1,3-6,11,13-18H2,2H3/t20-,21-/m0/s1. The molecule has 230 valence electrons. The first-order valence-corrected chi connectivity index (χ1v) is 15.8. The SMILES string of the molecule is C=C(F)C(=O)N1CCN(c2nc(OC[C@@H]3CCCN3C)nc3c(F)c(-c4ccc(F)c5c4CCCS5)ccc23)C[C@@H]1CC#N. The number of aromatic nitrogens is 2. The minimum Gasteiger partial charge on any atom is -0.462 e. The predicted molar refractivity (Wildman–Crippen MR) is 163 cm³/mol. The summed E-state index contributed by atoms with van der Waals surface area (Å²) in [5.41, 5.74) is 1.82. The van der Waals surface area contributed by atoms with Crippen molar-refractivity contribution < 1.29 is 22.7 Å². The molecule has 3 aliphatic rings. The Morgan fingerprint density at radius 1 is 1.14 bits per heavy atom. The van der Waals surface area contributed by atoms with Crippen LogP contribution >= 0.6 is 11.8 Å². The van der Waals surface area contributed by atoms with Crippen molar-refractivity contribution in [3.05, 3.63) is 53.9 Å². The minimum atomic E-state index is -1.09. The van der Waals surface area contributed by atoms with Gasteiger partial charge in [0, 0.05) is 41.5 Å². The van der Waals surface area contributed by atoms with E-state index < -0.39 is 23.6 Å². The smallest absolute Gasteiger partial charge is 0.319 e. The highest BCUT2D eigenvalue weighted by atomic mass is 32.2. The van der Waals surface area contributed by atoms with Gasteiger partial charge in [0.1, 0.15) is 23.8 Å². The molecule has 1 aromatic heterocycles. The topological polar surface area (TPSA) is 85.6 Å². The fraction of sp³-hybridized carbons (Fsp3) is 0.438. The van der Waals surface area contributed by atoms with Gasteiger partial charge in [-0.05, 0) is 68.3 Å². The summed E-state index contributed by atoms with van der Waals surface area (Å²) in [4.78, 5) is 27.7. The summed E-state index contributed by atoms with van der Waals surface area (Å²) in [6, 6.07) is 8.09. The average molecular weight is 623 g/mol. The van der Waals surface area contributed by atoms with Gasteiger partial charge in [-0.3, -0.25) is 4.79 Å². The van der Waals surface area contributed by atoms with E-state index in [-0.39, 0.29) is 49.4 Å². The number of nitrogens with zero attached hydrogens (tertiary/aromatic N) is 6. The number of amides is 1. The number of rotatable bonds is 7. The molecule has 4 heterocycles. The van der Waals surface area contributed by atoms with E-state index in [0.29, 0.717) is 40.3 Å². The summed E-state index contributed by atoms with van der Waals surface area (Å²) < 4.78 is 51.1. The number of nitriles is 1. The molecule has 0 saturated carbocycles. The van der Waals surface area contributed by atoms with Crippen LogP contribution in [-0.4, -0.2) is 83.3 Å². The van der Waals surface area contributed by atoms with Crippen molar-refractivity contribution in [2.45, 2.75) is 49.1 Å². The normalized spacial score (nSPS) is 20.4. The molecule has 2 fully saturated rings. The van der Waals surface area contributed by atoms with E-state index in [0.717, 1.165) is 37.1 Å². The lowest BCUT2D eigenvalue weighted by Gasteiger charge is -2.41. The molecule has 2 atom stereocenters. The first-order valence-electron chi connectivity index (χ1n) is 14.8. The Bertz CT molecular complexity index is 1660. The summed E-state index contributed by atoms with van der Waals surface area (Å²) in [7, 11) is 2.03. The van der Waals surface area contributed by atoms with Gasteiger partial charge in [0.25, 0.3) is 5.91 Å². The summed E-state index contributed by atoms with van der Waals surface area (Å²) in [5.74, 6) is -1.58. The number of hydrogen-bond donors (Lipinski definition) is 0. The largest absolute Gasteiger partial charge is 0.462 e. The van der Waals surface area contributed by atoms with Gasteiger partial charge >= 0.3 is 6.01 Å². The van der Waals surface area contributed by atoms with Crippen LogP contribution in [0.3, 0.4) is 0 Å². The molecule has 3 aliphatic heterocycles. The number of carbonyl (C=O) groups excluding carboxylic acids is 1. The molecule has 0 aliphatic carbocycles. The van der Waals surface area contributed by atoms with Crippen LogP contribution in [0.4, 0.5) is 19.0 Å². The number of carbonyl (C=O) groups is 1. The second kappa shape index (κ2) is 12.7. The Hall–Kier alpha value is -3.82. The van der Waals surface area contributed by atoms with Crippen molar-refractivity contribution >= 4 is 34.4 Å². The minimum absolute atomic E-state index is 0.0213. The van der Waals surface area contributed by atoms with Gasteiger partial charge in [0.05, 0.1) is 18.5 Å². The van der Waals surface area contributed by atoms with Crippen molar-refractivity contribution in [3.63, 3.8) is 0 Å². The molecular weight excluding hydrogens is 589 g/mol. The summed E-state index contributed by atoms with van der Waals surface area (Å²) in [6.07, 6.45) is 3.52. The van der Waals surface area contributed by atoms with Gasteiger partial charge in [0.2, 0.25) is 0 Å². The fourth-order valence-electron chi connectivity index (χ4n) is 6.43. The Kier molecular flexibility index (Phi) is 8.69. The van der Waals surface area contributed by atoms with E-state index in [4.69, 9.17) is 9.72 Å². The van der Waals surface area contributed by atoms with Crippen LogP contribution in [0.5, 0.6) is 6.01 Å². The van der Waals surface area contributed by atoms with Gasteiger partial charge < -0.3 is 19.4 Å². The van der Waals surface area contributed by atoms with Crippen LogP contribution in [-0.2, 0) is 11.2 Å². The summed E-state index contributed by atoms with van der Waals surface area (Å²) in [6.45, 7) is 5.00. The summed E-state index contributed by atoms with van der Waals surface area (Å²) >= 11 is 1.45. The number of halogens is 3. The van der Waals surface area contributed by atoms with Gasteiger partial charge in [-0.25, -0.2) is 13.2 Å². The molecule has 1 amide bonds. The number of likely N-dealkylation sites (N-methyl/N-ethyl adjacent to an activating group) is 1. The Balaban J connectivity index is 1.43. The molecule has 44 heavy (non-hydrogen) atoms. The molecule has 2 aromatic carbocycles. The van der Waals surface area contributed by atoms with Crippen molar-refractivity contribution in [1.29, 1.82) is 5.26 Å². The first-order chi connectivity index (χ1) is 21.3. The van der Waals surface area contributed by atoms with E-state index in [1.54, 1.807) is 18.2 Å². The number of benzene rings is 2. The second-order valence-electron chi connectivity index (χ2n) is 11.5. The zero-order valence-electron chi connectivity index (χ0n) is 24.5. The highest BCUT2D eigenvalue weighted by Crippen LogP contribution is 2.41. The van der Waals surface area contributed by atoms with E-state index >= 15 is 4.39 Å². The molecule has 0 spiro atoms. The third-order valence-electron chi connectivity index (χ3n) is 8.76. The average Bonchev–Trinajstić information content (AvgIpc) is 3.44. The van der Waals surface area contributed by atoms with E-state index in [1.165, 1.54) is 22.7 Å². The van der Waals surface area contributed by atoms with Gasteiger partial charge in [-0.15, -0.1) is 11.8 Å². The lowest BCUT2D eigenvalue weighted by molar-refractivity contribution is -0.131. The summed E-state index contributed by atoms with van der Waals surface area (Å²) in [5, 5.41) is 9.89. The molecule has 0 radical (unpaired) electrons. The van der Waals surface area contributed by atoms with Gasteiger partial charge in [0.15, 0.2) is 11.6 Å². The van der Waals surface area contributed by atoms with Crippen LogP contribution < -0.4 is 9.64 Å². The molecule has 0 bridgehead atoms. The zero-order valence-corrected chi connectivity index (χ0v) is 25.3. The number of fused-ring (bicyclic) bond motifs is 2. The van der Waals surface area contributed by atoms with E-state index in [9.17, 15) is 18.8 Å². The van der Waals surface area contributed by atoms with Crippen LogP contribution in [0, 0.1) is 23.0 Å². The first kappa shape index (κ1) is 30.2. The van der Waals surface area contributed by atoms with Crippen LogP contribution in [0.15, 0.2) is 41.6 Å². The fourth-order valence-corrected chi connectivity index (χ4v) is 7.51. The lowest BCUT2D eigenvalue weighted by atomic mass is 9.95. The Morgan fingerprint density at radius 3 is 2.70 bits per heavy atom. The Labute approximate surface area is 258 Å². The number of hydrogen-bond acceptors (Lipinski definition) is 8. The number of piperazine rings is 1. The lowest BCUT2D eigenvalue weighted by Crippen LogP contribution is -2.55. The maximum atomic E-state index is 16.6. The Morgan fingerprint density at radius 2 is 1.95 bits per heavy atom. The molecule has 0 N–H and O–H groups in total. The molecule has 3 aromatic rings.